The monoisotopic (exact) mass is 379 g/mol. The van der Waals surface area contributed by atoms with Crippen molar-refractivity contribution in [2.75, 3.05) is 5.75 Å². The van der Waals surface area contributed by atoms with Crippen molar-refractivity contribution < 1.29 is 0 Å². The number of nitriles is 1. The Morgan fingerprint density at radius 3 is 2.73 bits per heavy atom. The number of thioether (sulfide) groups is 1. The van der Waals surface area contributed by atoms with Crippen LogP contribution in [0.4, 0.5) is 0 Å². The summed E-state index contributed by atoms with van der Waals surface area (Å²) < 4.78 is 2.01. The van der Waals surface area contributed by atoms with Crippen molar-refractivity contribution in [3.63, 3.8) is 0 Å². The smallest absolute Gasteiger partial charge is 0.196 e. The van der Waals surface area contributed by atoms with Crippen LogP contribution in [0.5, 0.6) is 0 Å². The number of aromatic nitrogens is 4. The minimum atomic E-state index is 0.459. The SMILES string of the molecule is N#CCCSc1nnc(-c2c[nH]c3ccccc23)n1-c1ccc(Cl)cc1. The van der Waals surface area contributed by atoms with Crippen LogP contribution < -0.4 is 0 Å². The maximum absolute atomic E-state index is 8.81. The predicted octanol–water partition coefficient (Wildman–Crippen LogP) is 5.07. The van der Waals surface area contributed by atoms with Gasteiger partial charge in [-0.1, -0.05) is 41.6 Å². The largest absolute Gasteiger partial charge is 0.360 e. The lowest BCUT2D eigenvalue weighted by Gasteiger charge is -2.09. The zero-order valence-electron chi connectivity index (χ0n) is 13.7. The number of nitrogens with zero attached hydrogens (tertiary/aromatic N) is 4. The van der Waals surface area contributed by atoms with E-state index in [2.05, 4.69) is 27.3 Å². The first kappa shape index (κ1) is 16.7. The van der Waals surface area contributed by atoms with E-state index in [4.69, 9.17) is 16.9 Å². The summed E-state index contributed by atoms with van der Waals surface area (Å²) >= 11 is 7.56. The van der Waals surface area contributed by atoms with Crippen LogP contribution in [0.1, 0.15) is 6.42 Å². The number of fused-ring (bicyclic) bond motifs is 1. The lowest BCUT2D eigenvalue weighted by Crippen LogP contribution is -1.99. The Kier molecular flexibility index (Phi) is 4.65. The van der Waals surface area contributed by atoms with Crippen molar-refractivity contribution in [1.29, 1.82) is 5.26 Å². The number of aromatic amines is 1. The number of hydrogen-bond acceptors (Lipinski definition) is 4. The standard InChI is InChI=1S/C19H14ClN5S/c20-13-6-8-14(9-7-13)25-18(23-24-19(25)26-11-3-10-21)16-12-22-17-5-2-1-4-15(16)17/h1-2,4-9,12,22H,3,11H2. The molecule has 7 heteroatoms. The quantitative estimate of drug-likeness (QED) is 0.388. The molecule has 0 aliphatic carbocycles. The van der Waals surface area contributed by atoms with Gasteiger partial charge in [-0.05, 0) is 30.3 Å². The summed E-state index contributed by atoms with van der Waals surface area (Å²) in [5.74, 6) is 1.42. The molecule has 0 saturated heterocycles. The Balaban J connectivity index is 1.86. The molecule has 1 N–H and O–H groups in total. The molecule has 0 aliphatic heterocycles. The first-order chi connectivity index (χ1) is 12.8. The summed E-state index contributed by atoms with van der Waals surface area (Å²) in [7, 11) is 0. The van der Waals surface area contributed by atoms with Gasteiger partial charge in [-0.15, -0.1) is 10.2 Å². The summed E-state index contributed by atoms with van der Waals surface area (Å²) in [5.41, 5.74) is 2.96. The van der Waals surface area contributed by atoms with E-state index < -0.39 is 0 Å². The van der Waals surface area contributed by atoms with Gasteiger partial charge in [0, 0.05) is 45.5 Å². The maximum Gasteiger partial charge on any atom is 0.196 e. The van der Waals surface area contributed by atoms with Gasteiger partial charge >= 0.3 is 0 Å². The molecular formula is C19H14ClN5S. The number of halogens is 1. The first-order valence-corrected chi connectivity index (χ1v) is 9.42. The molecule has 0 saturated carbocycles. The van der Waals surface area contributed by atoms with E-state index in [9.17, 15) is 0 Å². The molecule has 0 amide bonds. The lowest BCUT2D eigenvalue weighted by molar-refractivity contribution is 0.886. The molecule has 0 unspecified atom stereocenters. The number of hydrogen-bond donors (Lipinski definition) is 1. The Morgan fingerprint density at radius 1 is 1.12 bits per heavy atom. The first-order valence-electron chi connectivity index (χ1n) is 8.05. The van der Waals surface area contributed by atoms with Gasteiger partial charge in [0.2, 0.25) is 0 Å². The van der Waals surface area contributed by atoms with E-state index in [-0.39, 0.29) is 0 Å². The van der Waals surface area contributed by atoms with Crippen LogP contribution in [0.15, 0.2) is 59.9 Å². The second kappa shape index (κ2) is 7.24. The second-order valence-corrected chi connectivity index (χ2v) is 7.12. The van der Waals surface area contributed by atoms with Gasteiger partial charge in [0.15, 0.2) is 11.0 Å². The van der Waals surface area contributed by atoms with Gasteiger partial charge in [0.1, 0.15) is 0 Å². The lowest BCUT2D eigenvalue weighted by atomic mass is 10.1. The summed E-state index contributed by atoms with van der Waals surface area (Å²) in [6.45, 7) is 0. The Bertz CT molecular complexity index is 1090. The summed E-state index contributed by atoms with van der Waals surface area (Å²) in [6, 6.07) is 17.8. The van der Waals surface area contributed by atoms with Gasteiger partial charge in [-0.25, -0.2) is 0 Å². The fraction of sp³-hybridized carbons (Fsp3) is 0.105. The minimum Gasteiger partial charge on any atom is -0.360 e. The number of nitrogens with one attached hydrogen (secondary N) is 1. The van der Waals surface area contributed by atoms with Crippen LogP contribution in [0.3, 0.4) is 0 Å². The Hall–Kier alpha value is -2.75. The van der Waals surface area contributed by atoms with E-state index in [0.29, 0.717) is 17.2 Å². The third-order valence-corrected chi connectivity index (χ3v) is 5.18. The molecule has 0 radical (unpaired) electrons. The van der Waals surface area contributed by atoms with E-state index >= 15 is 0 Å². The molecule has 4 rings (SSSR count). The number of para-hydroxylation sites is 1. The molecule has 0 fully saturated rings. The van der Waals surface area contributed by atoms with Gasteiger partial charge in [-0.3, -0.25) is 4.57 Å². The third-order valence-electron chi connectivity index (χ3n) is 3.99. The molecule has 0 bridgehead atoms. The van der Waals surface area contributed by atoms with Gasteiger partial charge in [-0.2, -0.15) is 5.26 Å². The summed E-state index contributed by atoms with van der Waals surface area (Å²) in [5, 5.41) is 20.1. The maximum atomic E-state index is 8.81. The van der Waals surface area contributed by atoms with Crippen molar-refractivity contribution in [3.05, 3.63) is 59.8 Å². The van der Waals surface area contributed by atoms with Crippen LogP contribution in [0, 0.1) is 11.3 Å². The Labute approximate surface area is 159 Å². The molecule has 2 heterocycles. The zero-order chi connectivity index (χ0) is 17.9. The van der Waals surface area contributed by atoms with Gasteiger partial charge in [0.05, 0.1) is 6.07 Å². The summed E-state index contributed by atoms with van der Waals surface area (Å²) in [4.78, 5) is 3.28. The van der Waals surface area contributed by atoms with Crippen molar-refractivity contribution >= 4 is 34.3 Å². The normalized spacial score (nSPS) is 10.9. The second-order valence-electron chi connectivity index (χ2n) is 5.62. The fourth-order valence-electron chi connectivity index (χ4n) is 2.81. The molecule has 128 valence electrons. The molecular weight excluding hydrogens is 366 g/mol. The topological polar surface area (TPSA) is 70.3 Å². The zero-order valence-corrected chi connectivity index (χ0v) is 15.3. The number of H-pyrrole nitrogens is 1. The van der Waals surface area contributed by atoms with E-state index in [1.165, 1.54) is 11.8 Å². The highest BCUT2D eigenvalue weighted by Gasteiger charge is 2.18. The number of benzene rings is 2. The molecule has 2 aromatic heterocycles. The van der Waals surface area contributed by atoms with Crippen LogP contribution in [0.2, 0.25) is 5.02 Å². The van der Waals surface area contributed by atoms with Crippen molar-refractivity contribution in [2.45, 2.75) is 11.6 Å². The molecule has 26 heavy (non-hydrogen) atoms. The van der Waals surface area contributed by atoms with Crippen molar-refractivity contribution in [1.82, 2.24) is 19.7 Å². The van der Waals surface area contributed by atoms with Crippen molar-refractivity contribution in [3.8, 4) is 23.1 Å². The highest BCUT2D eigenvalue weighted by Crippen LogP contribution is 2.32. The van der Waals surface area contributed by atoms with Crippen LogP contribution >= 0.6 is 23.4 Å². The average Bonchev–Trinajstić information content (AvgIpc) is 3.26. The molecule has 0 atom stereocenters. The van der Waals surface area contributed by atoms with Gasteiger partial charge < -0.3 is 4.98 Å². The molecule has 4 aromatic rings. The molecule has 0 spiro atoms. The fourth-order valence-corrected chi connectivity index (χ4v) is 3.73. The van der Waals surface area contributed by atoms with Crippen LogP contribution in [0.25, 0.3) is 28.0 Å². The third kappa shape index (κ3) is 3.07. The highest BCUT2D eigenvalue weighted by atomic mass is 35.5. The molecule has 5 nitrogen and oxygen atoms in total. The predicted molar refractivity (Wildman–Crippen MR) is 105 cm³/mol. The van der Waals surface area contributed by atoms with E-state index in [1.54, 1.807) is 0 Å². The van der Waals surface area contributed by atoms with Crippen LogP contribution in [-0.2, 0) is 0 Å². The molecule has 2 aromatic carbocycles. The number of rotatable bonds is 5. The van der Waals surface area contributed by atoms with E-state index in [1.807, 2.05) is 53.2 Å². The Morgan fingerprint density at radius 2 is 1.92 bits per heavy atom. The average molecular weight is 380 g/mol. The van der Waals surface area contributed by atoms with Crippen molar-refractivity contribution in [2.24, 2.45) is 0 Å². The van der Waals surface area contributed by atoms with E-state index in [0.717, 1.165) is 33.1 Å². The molecule has 0 aliphatic rings. The summed E-state index contributed by atoms with van der Waals surface area (Å²) in [6.07, 6.45) is 2.41. The highest BCUT2D eigenvalue weighted by molar-refractivity contribution is 7.99. The minimum absolute atomic E-state index is 0.459. The van der Waals surface area contributed by atoms with Gasteiger partial charge in [0.25, 0.3) is 0 Å². The van der Waals surface area contributed by atoms with Crippen LogP contribution in [-0.4, -0.2) is 25.5 Å².